The van der Waals surface area contributed by atoms with Crippen molar-refractivity contribution in [3.05, 3.63) is 0 Å². The minimum atomic E-state index is -0.399. The summed E-state index contributed by atoms with van der Waals surface area (Å²) in [6.45, 7) is 9.21. The lowest BCUT2D eigenvalue weighted by atomic mass is 9.97. The SMILES string of the molecule is CCCCCCCNC1CC2CCC(C1)N2C(=O)OC(C)(C)C. The zero-order chi connectivity index (χ0) is 16.9. The Hall–Kier alpha value is -0.770. The number of nitrogens with zero attached hydrogens (tertiary/aromatic N) is 1. The van der Waals surface area contributed by atoms with Gasteiger partial charge in [-0.25, -0.2) is 4.79 Å². The topological polar surface area (TPSA) is 41.6 Å². The highest BCUT2D eigenvalue weighted by molar-refractivity contribution is 5.69. The van der Waals surface area contributed by atoms with Crippen molar-refractivity contribution in [2.45, 2.75) is 109 Å². The van der Waals surface area contributed by atoms with Gasteiger partial charge in [0.1, 0.15) is 5.60 Å². The molecular formula is C19H36N2O2. The van der Waals surface area contributed by atoms with Gasteiger partial charge in [0.25, 0.3) is 0 Å². The Balaban J connectivity index is 1.73. The first kappa shape index (κ1) is 18.6. The Labute approximate surface area is 142 Å². The summed E-state index contributed by atoms with van der Waals surface area (Å²) >= 11 is 0. The van der Waals surface area contributed by atoms with Crippen LogP contribution in [0.1, 0.15) is 85.5 Å². The fourth-order valence-corrected chi connectivity index (χ4v) is 3.99. The summed E-state index contributed by atoms with van der Waals surface area (Å²) < 4.78 is 5.60. The molecule has 2 fully saturated rings. The molecular weight excluding hydrogens is 288 g/mol. The number of fused-ring (bicyclic) bond motifs is 2. The molecule has 2 aliphatic rings. The fraction of sp³-hybridized carbons (Fsp3) is 0.947. The summed E-state index contributed by atoms with van der Waals surface area (Å²) in [5.41, 5.74) is -0.399. The van der Waals surface area contributed by atoms with Crippen LogP contribution in [0.15, 0.2) is 0 Å². The van der Waals surface area contributed by atoms with Gasteiger partial charge in [0.15, 0.2) is 0 Å². The number of hydrogen-bond donors (Lipinski definition) is 1. The van der Waals surface area contributed by atoms with Crippen molar-refractivity contribution in [2.75, 3.05) is 6.54 Å². The Morgan fingerprint density at radius 3 is 2.26 bits per heavy atom. The van der Waals surface area contributed by atoms with Gasteiger partial charge in [-0.3, -0.25) is 0 Å². The van der Waals surface area contributed by atoms with Crippen molar-refractivity contribution in [1.82, 2.24) is 10.2 Å². The molecule has 1 N–H and O–H groups in total. The second-order valence-corrected chi connectivity index (χ2v) is 8.31. The van der Waals surface area contributed by atoms with Crippen molar-refractivity contribution in [3.8, 4) is 0 Å². The Kier molecular flexibility index (Phi) is 6.75. The first-order valence-corrected chi connectivity index (χ1v) is 9.65. The summed E-state index contributed by atoms with van der Waals surface area (Å²) in [6.07, 6.45) is 11.0. The average Bonchev–Trinajstić information content (AvgIpc) is 2.72. The van der Waals surface area contributed by atoms with Crippen molar-refractivity contribution < 1.29 is 9.53 Å². The van der Waals surface area contributed by atoms with Crippen LogP contribution in [0.2, 0.25) is 0 Å². The summed E-state index contributed by atoms with van der Waals surface area (Å²) in [6, 6.07) is 1.33. The van der Waals surface area contributed by atoms with E-state index in [-0.39, 0.29) is 6.09 Å². The van der Waals surface area contributed by atoms with Crippen LogP contribution in [0.25, 0.3) is 0 Å². The number of hydrogen-bond acceptors (Lipinski definition) is 3. The molecule has 0 aliphatic carbocycles. The molecule has 2 heterocycles. The summed E-state index contributed by atoms with van der Waals surface area (Å²) in [7, 11) is 0. The maximum absolute atomic E-state index is 12.4. The minimum Gasteiger partial charge on any atom is -0.444 e. The molecule has 2 bridgehead atoms. The maximum Gasteiger partial charge on any atom is 0.410 e. The molecule has 4 nitrogen and oxygen atoms in total. The third-order valence-corrected chi connectivity index (χ3v) is 5.05. The third kappa shape index (κ3) is 5.66. The van der Waals surface area contributed by atoms with E-state index in [0.29, 0.717) is 18.1 Å². The van der Waals surface area contributed by atoms with Gasteiger partial charge in [0.2, 0.25) is 0 Å². The highest BCUT2D eigenvalue weighted by Gasteiger charge is 2.44. The Morgan fingerprint density at radius 2 is 1.70 bits per heavy atom. The molecule has 0 aromatic carbocycles. The van der Waals surface area contributed by atoms with E-state index in [0.717, 1.165) is 32.2 Å². The molecule has 2 saturated heterocycles. The number of carbonyl (C=O) groups excluding carboxylic acids is 1. The molecule has 1 amide bonds. The lowest BCUT2D eigenvalue weighted by Gasteiger charge is -2.39. The maximum atomic E-state index is 12.4. The first-order chi connectivity index (χ1) is 10.9. The van der Waals surface area contributed by atoms with Crippen LogP contribution in [0, 0.1) is 0 Å². The van der Waals surface area contributed by atoms with Crippen LogP contribution in [0.3, 0.4) is 0 Å². The number of carbonyl (C=O) groups is 1. The molecule has 23 heavy (non-hydrogen) atoms. The molecule has 4 heteroatoms. The van der Waals surface area contributed by atoms with Gasteiger partial charge in [0.05, 0.1) is 0 Å². The quantitative estimate of drug-likeness (QED) is 0.702. The van der Waals surface area contributed by atoms with Gasteiger partial charge in [-0.2, -0.15) is 0 Å². The van der Waals surface area contributed by atoms with Crippen molar-refractivity contribution in [1.29, 1.82) is 0 Å². The average molecular weight is 325 g/mol. The molecule has 0 saturated carbocycles. The van der Waals surface area contributed by atoms with Crippen LogP contribution in [0.4, 0.5) is 4.79 Å². The zero-order valence-electron chi connectivity index (χ0n) is 15.6. The van der Waals surface area contributed by atoms with E-state index in [2.05, 4.69) is 12.2 Å². The molecule has 0 aromatic heterocycles. The fourth-order valence-electron chi connectivity index (χ4n) is 3.99. The molecule has 134 valence electrons. The van der Waals surface area contributed by atoms with E-state index >= 15 is 0 Å². The van der Waals surface area contributed by atoms with Crippen molar-refractivity contribution in [3.63, 3.8) is 0 Å². The number of ether oxygens (including phenoxy) is 1. The molecule has 2 aliphatic heterocycles. The van der Waals surface area contributed by atoms with Crippen LogP contribution in [-0.4, -0.2) is 41.3 Å². The van der Waals surface area contributed by atoms with Crippen LogP contribution in [-0.2, 0) is 4.74 Å². The lowest BCUT2D eigenvalue weighted by molar-refractivity contribution is 0.00474. The van der Waals surface area contributed by atoms with Gasteiger partial charge in [0, 0.05) is 18.1 Å². The Morgan fingerprint density at radius 1 is 1.09 bits per heavy atom. The van der Waals surface area contributed by atoms with E-state index in [9.17, 15) is 4.79 Å². The normalized spacial score (nSPS) is 27.3. The molecule has 0 radical (unpaired) electrons. The van der Waals surface area contributed by atoms with E-state index in [1.165, 1.54) is 32.1 Å². The van der Waals surface area contributed by atoms with E-state index in [1.807, 2.05) is 25.7 Å². The van der Waals surface area contributed by atoms with Gasteiger partial charge in [-0.05, 0) is 59.4 Å². The highest BCUT2D eigenvalue weighted by atomic mass is 16.6. The summed E-state index contributed by atoms with van der Waals surface area (Å²) in [5, 5.41) is 3.73. The standard InChI is InChI=1S/C19H36N2O2/c1-5-6-7-8-9-12-20-15-13-16-10-11-17(14-15)21(16)18(22)23-19(2,3)4/h15-17,20H,5-14H2,1-4H3. The van der Waals surface area contributed by atoms with E-state index in [1.54, 1.807) is 0 Å². The van der Waals surface area contributed by atoms with Crippen LogP contribution in [0.5, 0.6) is 0 Å². The number of rotatable bonds is 7. The first-order valence-electron chi connectivity index (χ1n) is 9.65. The highest BCUT2D eigenvalue weighted by Crippen LogP contribution is 2.36. The van der Waals surface area contributed by atoms with Crippen LogP contribution >= 0.6 is 0 Å². The van der Waals surface area contributed by atoms with Crippen LogP contribution < -0.4 is 5.32 Å². The molecule has 2 rings (SSSR count). The second kappa shape index (κ2) is 8.36. The predicted molar refractivity (Wildman–Crippen MR) is 94.7 cm³/mol. The number of unbranched alkanes of at least 4 members (excludes halogenated alkanes) is 4. The zero-order valence-corrected chi connectivity index (χ0v) is 15.6. The Bertz CT molecular complexity index is 364. The van der Waals surface area contributed by atoms with Gasteiger partial charge in [-0.15, -0.1) is 0 Å². The minimum absolute atomic E-state index is 0.108. The van der Waals surface area contributed by atoms with Gasteiger partial charge >= 0.3 is 6.09 Å². The third-order valence-electron chi connectivity index (χ3n) is 5.05. The van der Waals surface area contributed by atoms with Crippen molar-refractivity contribution in [2.24, 2.45) is 0 Å². The number of amides is 1. The number of piperidine rings is 1. The molecule has 2 atom stereocenters. The summed E-state index contributed by atoms with van der Waals surface area (Å²) in [4.78, 5) is 14.5. The largest absolute Gasteiger partial charge is 0.444 e. The predicted octanol–water partition coefficient (Wildman–Crippen LogP) is 4.48. The number of nitrogens with one attached hydrogen (secondary N) is 1. The molecule has 0 spiro atoms. The van der Waals surface area contributed by atoms with Gasteiger partial charge in [-0.1, -0.05) is 32.6 Å². The smallest absolute Gasteiger partial charge is 0.410 e. The monoisotopic (exact) mass is 324 g/mol. The van der Waals surface area contributed by atoms with E-state index < -0.39 is 5.60 Å². The second-order valence-electron chi connectivity index (χ2n) is 8.31. The van der Waals surface area contributed by atoms with Gasteiger partial charge < -0.3 is 15.0 Å². The molecule has 0 aromatic rings. The summed E-state index contributed by atoms with van der Waals surface area (Å²) in [5.74, 6) is 0. The lowest BCUT2D eigenvalue weighted by Crippen LogP contribution is -2.52. The van der Waals surface area contributed by atoms with Crippen molar-refractivity contribution >= 4 is 6.09 Å². The molecule has 2 unspecified atom stereocenters. The van der Waals surface area contributed by atoms with E-state index in [4.69, 9.17) is 4.74 Å².